The Morgan fingerprint density at radius 1 is 0.970 bits per heavy atom. The Morgan fingerprint density at radius 2 is 1.70 bits per heavy atom. The molecule has 0 aliphatic heterocycles. The minimum absolute atomic E-state index is 0.211. The molecule has 0 atom stereocenters. The number of Topliss-reactive ketones (excluding diaryl/α,β-unsaturated/α-hetero) is 1. The lowest BCUT2D eigenvalue weighted by Gasteiger charge is -2.17. The standard InChI is InChI=1S/C22H17F3N4O4/c1-12-7-17(29-21(32)33)18(9-16(12)22(23,24)25)28-20(31)10-19(30)14-4-2-3-13(8-14)15-5-6-26-27-11-15/h2-9,11,29H,10H2,1H3,(H,28,31)(H,32,33). The lowest BCUT2D eigenvalue weighted by atomic mass is 10.0. The van der Waals surface area contributed by atoms with E-state index in [9.17, 15) is 27.6 Å². The number of benzene rings is 2. The number of nitrogens with zero attached hydrogens (tertiary/aromatic N) is 2. The molecule has 3 rings (SSSR count). The molecule has 0 aliphatic rings. The van der Waals surface area contributed by atoms with Crippen molar-refractivity contribution in [1.29, 1.82) is 0 Å². The minimum atomic E-state index is -4.72. The molecule has 0 radical (unpaired) electrons. The maximum atomic E-state index is 13.3. The third-order valence-corrected chi connectivity index (χ3v) is 4.61. The summed E-state index contributed by atoms with van der Waals surface area (Å²) in [6.45, 7) is 1.16. The average molecular weight is 458 g/mol. The van der Waals surface area contributed by atoms with Gasteiger partial charge in [0.1, 0.15) is 0 Å². The summed E-state index contributed by atoms with van der Waals surface area (Å²) in [7, 11) is 0. The lowest BCUT2D eigenvalue weighted by molar-refractivity contribution is -0.138. The van der Waals surface area contributed by atoms with Crippen LogP contribution in [0.3, 0.4) is 0 Å². The van der Waals surface area contributed by atoms with Gasteiger partial charge in [0.25, 0.3) is 0 Å². The molecule has 3 aromatic rings. The molecule has 0 saturated heterocycles. The van der Waals surface area contributed by atoms with Gasteiger partial charge < -0.3 is 10.4 Å². The zero-order valence-electron chi connectivity index (χ0n) is 17.1. The Labute approximate surface area is 185 Å². The second-order valence-corrected chi connectivity index (χ2v) is 7.00. The monoisotopic (exact) mass is 458 g/mol. The van der Waals surface area contributed by atoms with Gasteiger partial charge in [0.15, 0.2) is 5.78 Å². The summed E-state index contributed by atoms with van der Waals surface area (Å²) in [6, 6.07) is 9.68. The number of carbonyl (C=O) groups is 3. The van der Waals surface area contributed by atoms with E-state index in [1.807, 2.05) is 5.32 Å². The normalized spacial score (nSPS) is 11.0. The number of nitrogens with one attached hydrogen (secondary N) is 2. The second kappa shape index (κ2) is 9.47. The van der Waals surface area contributed by atoms with E-state index in [4.69, 9.17) is 5.11 Å². The van der Waals surface area contributed by atoms with Gasteiger partial charge in [-0.25, -0.2) is 4.79 Å². The zero-order chi connectivity index (χ0) is 24.2. The maximum absolute atomic E-state index is 13.3. The number of carbonyl (C=O) groups excluding carboxylic acids is 2. The first kappa shape index (κ1) is 23.4. The number of aromatic nitrogens is 2. The van der Waals surface area contributed by atoms with E-state index in [1.165, 1.54) is 18.5 Å². The van der Waals surface area contributed by atoms with Crippen LogP contribution < -0.4 is 10.6 Å². The minimum Gasteiger partial charge on any atom is -0.465 e. The number of aryl methyl sites for hydroxylation is 1. The predicted octanol–water partition coefficient (Wildman–Crippen LogP) is 4.77. The van der Waals surface area contributed by atoms with Crippen molar-refractivity contribution in [3.63, 3.8) is 0 Å². The van der Waals surface area contributed by atoms with Crippen molar-refractivity contribution in [2.45, 2.75) is 19.5 Å². The highest BCUT2D eigenvalue weighted by molar-refractivity contribution is 6.12. The van der Waals surface area contributed by atoms with E-state index in [2.05, 4.69) is 15.5 Å². The molecule has 2 aromatic carbocycles. The number of rotatable bonds is 6. The fourth-order valence-corrected chi connectivity index (χ4v) is 3.11. The molecule has 3 N–H and O–H groups in total. The van der Waals surface area contributed by atoms with Gasteiger partial charge in [-0.2, -0.15) is 23.4 Å². The molecule has 33 heavy (non-hydrogen) atoms. The number of hydrogen-bond donors (Lipinski definition) is 3. The lowest BCUT2D eigenvalue weighted by Crippen LogP contribution is -2.20. The number of hydrogen-bond acceptors (Lipinski definition) is 5. The Kier molecular flexibility index (Phi) is 6.71. The zero-order valence-corrected chi connectivity index (χ0v) is 17.1. The molecule has 1 heterocycles. The van der Waals surface area contributed by atoms with Crippen molar-refractivity contribution in [3.8, 4) is 11.1 Å². The molecular formula is C22H17F3N4O4. The van der Waals surface area contributed by atoms with Crippen molar-refractivity contribution < 1.29 is 32.7 Å². The Bertz CT molecular complexity index is 1210. The van der Waals surface area contributed by atoms with Crippen molar-refractivity contribution in [3.05, 3.63) is 71.5 Å². The number of carboxylic acid groups (broad SMARTS) is 1. The van der Waals surface area contributed by atoms with Gasteiger partial charge in [0, 0.05) is 11.1 Å². The molecular weight excluding hydrogens is 441 g/mol. The van der Waals surface area contributed by atoms with E-state index in [-0.39, 0.29) is 16.8 Å². The number of ketones is 1. The number of amides is 2. The molecule has 0 saturated carbocycles. The van der Waals surface area contributed by atoms with E-state index >= 15 is 0 Å². The molecule has 0 aliphatic carbocycles. The molecule has 0 fully saturated rings. The van der Waals surface area contributed by atoms with Crippen LogP contribution in [-0.4, -0.2) is 33.1 Å². The highest BCUT2D eigenvalue weighted by Crippen LogP contribution is 2.37. The van der Waals surface area contributed by atoms with Crippen molar-refractivity contribution in [2.75, 3.05) is 10.6 Å². The molecule has 8 nitrogen and oxygen atoms in total. The molecule has 11 heteroatoms. The Balaban J connectivity index is 1.82. The summed E-state index contributed by atoms with van der Waals surface area (Å²) >= 11 is 0. The molecule has 0 spiro atoms. The molecule has 0 bridgehead atoms. The summed E-state index contributed by atoms with van der Waals surface area (Å²) in [5.74, 6) is -1.48. The van der Waals surface area contributed by atoms with Crippen LogP contribution >= 0.6 is 0 Å². The van der Waals surface area contributed by atoms with Gasteiger partial charge in [-0.3, -0.25) is 14.9 Å². The molecule has 0 unspecified atom stereocenters. The van der Waals surface area contributed by atoms with Crippen molar-refractivity contribution >= 4 is 29.2 Å². The number of halogens is 3. The summed E-state index contributed by atoms with van der Waals surface area (Å²) in [5, 5.41) is 20.5. The first-order valence-electron chi connectivity index (χ1n) is 9.46. The van der Waals surface area contributed by atoms with Crippen molar-refractivity contribution in [1.82, 2.24) is 10.2 Å². The second-order valence-electron chi connectivity index (χ2n) is 7.00. The summed E-state index contributed by atoms with van der Waals surface area (Å²) < 4.78 is 39.8. The van der Waals surface area contributed by atoms with Crippen LogP contribution in [0.1, 0.15) is 27.9 Å². The third-order valence-electron chi connectivity index (χ3n) is 4.61. The highest BCUT2D eigenvalue weighted by atomic mass is 19.4. The smallest absolute Gasteiger partial charge is 0.416 e. The fourth-order valence-electron chi connectivity index (χ4n) is 3.11. The number of anilines is 2. The average Bonchev–Trinajstić information content (AvgIpc) is 2.75. The van der Waals surface area contributed by atoms with Gasteiger partial charge in [-0.05, 0) is 42.3 Å². The first-order chi connectivity index (χ1) is 15.5. The largest absolute Gasteiger partial charge is 0.465 e. The van der Waals surface area contributed by atoms with Crippen LogP contribution in [-0.2, 0) is 11.0 Å². The van der Waals surface area contributed by atoms with Gasteiger partial charge in [0.2, 0.25) is 5.91 Å². The van der Waals surface area contributed by atoms with Gasteiger partial charge in [0.05, 0.1) is 35.8 Å². The molecule has 2 amide bonds. The maximum Gasteiger partial charge on any atom is 0.416 e. The third kappa shape index (κ3) is 5.91. The molecule has 170 valence electrons. The van der Waals surface area contributed by atoms with Crippen LogP contribution in [0.15, 0.2) is 54.9 Å². The van der Waals surface area contributed by atoms with Crippen LogP contribution in [0.25, 0.3) is 11.1 Å². The van der Waals surface area contributed by atoms with Crippen molar-refractivity contribution in [2.24, 2.45) is 0 Å². The van der Waals surface area contributed by atoms with Crippen LogP contribution in [0, 0.1) is 6.92 Å². The van der Waals surface area contributed by atoms with Gasteiger partial charge in [-0.1, -0.05) is 18.2 Å². The SMILES string of the molecule is Cc1cc(NC(=O)O)c(NC(=O)CC(=O)c2cccc(-c3ccnnc3)c2)cc1C(F)(F)F. The van der Waals surface area contributed by atoms with Gasteiger partial charge in [-0.15, -0.1) is 0 Å². The van der Waals surface area contributed by atoms with E-state index in [1.54, 1.807) is 24.3 Å². The summed E-state index contributed by atoms with van der Waals surface area (Å²) in [5.41, 5.74) is -0.360. The number of alkyl halides is 3. The summed E-state index contributed by atoms with van der Waals surface area (Å²) in [6.07, 6.45) is -3.92. The van der Waals surface area contributed by atoms with E-state index < -0.39 is 41.6 Å². The Morgan fingerprint density at radius 3 is 2.33 bits per heavy atom. The van der Waals surface area contributed by atoms with E-state index in [0.717, 1.165) is 13.0 Å². The Hall–Kier alpha value is -4.28. The van der Waals surface area contributed by atoms with E-state index in [0.29, 0.717) is 17.2 Å². The van der Waals surface area contributed by atoms with Gasteiger partial charge >= 0.3 is 12.3 Å². The predicted molar refractivity (Wildman–Crippen MR) is 113 cm³/mol. The molecule has 1 aromatic heterocycles. The highest BCUT2D eigenvalue weighted by Gasteiger charge is 2.33. The summed E-state index contributed by atoms with van der Waals surface area (Å²) in [4.78, 5) is 36.0. The van der Waals surface area contributed by atoms with Crippen LogP contribution in [0.4, 0.5) is 29.3 Å². The topological polar surface area (TPSA) is 121 Å². The quantitative estimate of drug-likeness (QED) is 0.361. The fraction of sp³-hybridized carbons (Fsp3) is 0.136. The first-order valence-corrected chi connectivity index (χ1v) is 9.46. The van der Waals surface area contributed by atoms with Crippen LogP contribution in [0.5, 0.6) is 0 Å². The van der Waals surface area contributed by atoms with Crippen LogP contribution in [0.2, 0.25) is 0 Å².